The second-order valence-corrected chi connectivity index (χ2v) is 6.83. The monoisotopic (exact) mass is 326 g/mol. The summed E-state index contributed by atoms with van der Waals surface area (Å²) in [6.07, 6.45) is 3.25. The van der Waals surface area contributed by atoms with E-state index in [1.807, 2.05) is 0 Å². The van der Waals surface area contributed by atoms with Crippen molar-refractivity contribution in [3.05, 3.63) is 0 Å². The normalized spacial score (nSPS) is 29.7. The van der Waals surface area contributed by atoms with Crippen LogP contribution in [0.3, 0.4) is 0 Å². The van der Waals surface area contributed by atoms with Crippen LogP contribution in [-0.4, -0.2) is 66.8 Å². The molecule has 2 saturated heterocycles. The van der Waals surface area contributed by atoms with E-state index in [4.69, 9.17) is 9.47 Å². The first-order valence-electron chi connectivity index (χ1n) is 8.81. The number of rotatable bonds is 11. The van der Waals surface area contributed by atoms with Gasteiger partial charge < -0.3 is 9.47 Å². The summed E-state index contributed by atoms with van der Waals surface area (Å²) >= 11 is 0. The molecule has 0 amide bonds. The van der Waals surface area contributed by atoms with Gasteiger partial charge in [0.1, 0.15) is 0 Å². The number of unbranched alkanes of at least 4 members (excludes halogenated alkanes) is 1. The predicted octanol–water partition coefficient (Wildman–Crippen LogP) is 1.63. The molecular formula is C17H30N2O4. The number of nitrogens with zero attached hydrogens (tertiary/aromatic N) is 2. The van der Waals surface area contributed by atoms with Crippen molar-refractivity contribution in [2.45, 2.75) is 58.5 Å². The molecule has 2 aliphatic heterocycles. The van der Waals surface area contributed by atoms with Crippen molar-refractivity contribution in [1.29, 1.82) is 0 Å². The van der Waals surface area contributed by atoms with Crippen molar-refractivity contribution in [2.24, 2.45) is 5.92 Å². The van der Waals surface area contributed by atoms with Crippen LogP contribution in [0.25, 0.3) is 0 Å². The SMILES string of the molecule is CCCCC(CN1CC1C)C(=O)OCOC(=O)CCN1CC1C. The average molecular weight is 326 g/mol. The summed E-state index contributed by atoms with van der Waals surface area (Å²) < 4.78 is 10.2. The maximum absolute atomic E-state index is 12.2. The Kier molecular flexibility index (Phi) is 6.84. The lowest BCUT2D eigenvalue weighted by molar-refractivity contribution is -0.170. The second-order valence-electron chi connectivity index (χ2n) is 6.83. The molecule has 0 bridgehead atoms. The summed E-state index contributed by atoms with van der Waals surface area (Å²) in [6.45, 7) is 9.71. The highest BCUT2D eigenvalue weighted by atomic mass is 16.7. The van der Waals surface area contributed by atoms with Crippen LogP contribution in [0.2, 0.25) is 0 Å². The molecule has 0 spiro atoms. The first-order valence-corrected chi connectivity index (χ1v) is 8.81. The highest BCUT2D eigenvalue weighted by Crippen LogP contribution is 2.22. The van der Waals surface area contributed by atoms with Crippen molar-refractivity contribution in [2.75, 3.05) is 33.0 Å². The van der Waals surface area contributed by atoms with Crippen molar-refractivity contribution in [3.8, 4) is 0 Å². The van der Waals surface area contributed by atoms with Gasteiger partial charge in [0.15, 0.2) is 0 Å². The second kappa shape index (κ2) is 8.64. The third-order valence-electron chi connectivity index (χ3n) is 4.70. The number of carbonyl (C=O) groups is 2. The van der Waals surface area contributed by atoms with E-state index in [2.05, 4.69) is 30.6 Å². The number of esters is 2. The molecule has 5 atom stereocenters. The molecule has 0 aromatic carbocycles. The van der Waals surface area contributed by atoms with Gasteiger partial charge in [-0.3, -0.25) is 19.4 Å². The Hall–Kier alpha value is -1.14. The number of hydrogen-bond acceptors (Lipinski definition) is 6. The minimum absolute atomic E-state index is 0.114. The molecule has 6 nitrogen and oxygen atoms in total. The molecule has 6 heteroatoms. The van der Waals surface area contributed by atoms with Crippen LogP contribution in [0.15, 0.2) is 0 Å². The van der Waals surface area contributed by atoms with Gasteiger partial charge in [0.25, 0.3) is 0 Å². The van der Waals surface area contributed by atoms with Crippen LogP contribution < -0.4 is 0 Å². The van der Waals surface area contributed by atoms with Gasteiger partial charge in [-0.25, -0.2) is 0 Å². The molecule has 0 aliphatic carbocycles. The first-order chi connectivity index (χ1) is 11.0. The zero-order valence-electron chi connectivity index (χ0n) is 14.6. The van der Waals surface area contributed by atoms with Crippen LogP contribution >= 0.6 is 0 Å². The van der Waals surface area contributed by atoms with E-state index in [9.17, 15) is 9.59 Å². The van der Waals surface area contributed by atoms with Crippen LogP contribution in [0.5, 0.6) is 0 Å². The minimum Gasteiger partial charge on any atom is -0.428 e. The minimum atomic E-state index is -0.304. The zero-order chi connectivity index (χ0) is 16.8. The largest absolute Gasteiger partial charge is 0.428 e. The maximum Gasteiger partial charge on any atom is 0.313 e. The fraction of sp³-hybridized carbons (Fsp3) is 0.882. The molecule has 0 radical (unpaired) electrons. The Balaban J connectivity index is 1.60. The number of hydrogen-bond donors (Lipinski definition) is 0. The van der Waals surface area contributed by atoms with Crippen LogP contribution in [0, 0.1) is 5.92 Å². The van der Waals surface area contributed by atoms with E-state index in [1.165, 1.54) is 0 Å². The van der Waals surface area contributed by atoms with Crippen molar-refractivity contribution < 1.29 is 19.1 Å². The summed E-state index contributed by atoms with van der Waals surface area (Å²) in [6, 6.07) is 1.16. The molecule has 2 heterocycles. The van der Waals surface area contributed by atoms with Gasteiger partial charge in [-0.1, -0.05) is 19.8 Å². The molecule has 0 aromatic heterocycles. The Morgan fingerprint density at radius 2 is 1.78 bits per heavy atom. The van der Waals surface area contributed by atoms with Gasteiger partial charge in [-0.15, -0.1) is 0 Å². The Labute approximate surface area is 139 Å². The van der Waals surface area contributed by atoms with Crippen molar-refractivity contribution in [3.63, 3.8) is 0 Å². The van der Waals surface area contributed by atoms with Gasteiger partial charge >= 0.3 is 11.9 Å². The summed E-state index contributed by atoms with van der Waals surface area (Å²) in [7, 11) is 0. The molecule has 2 aliphatic rings. The Bertz CT molecular complexity index is 415. The van der Waals surface area contributed by atoms with E-state index in [-0.39, 0.29) is 24.6 Å². The highest BCUT2D eigenvalue weighted by molar-refractivity contribution is 5.73. The fourth-order valence-corrected chi connectivity index (χ4v) is 2.75. The quantitative estimate of drug-likeness (QED) is 0.327. The molecule has 0 aromatic rings. The molecule has 2 rings (SSSR count). The van der Waals surface area contributed by atoms with Crippen LogP contribution in [0.1, 0.15) is 46.5 Å². The smallest absolute Gasteiger partial charge is 0.313 e. The van der Waals surface area contributed by atoms with Crippen molar-refractivity contribution in [1.82, 2.24) is 9.80 Å². The Morgan fingerprint density at radius 1 is 1.13 bits per heavy atom. The molecule has 5 unspecified atom stereocenters. The lowest BCUT2D eigenvalue weighted by atomic mass is 10.0. The molecule has 23 heavy (non-hydrogen) atoms. The van der Waals surface area contributed by atoms with E-state index in [1.54, 1.807) is 0 Å². The third kappa shape index (κ3) is 6.47. The lowest BCUT2D eigenvalue weighted by Gasteiger charge is -2.16. The van der Waals surface area contributed by atoms with Crippen LogP contribution in [0.4, 0.5) is 0 Å². The lowest BCUT2D eigenvalue weighted by Crippen LogP contribution is -2.27. The van der Waals surface area contributed by atoms with Gasteiger partial charge in [0, 0.05) is 38.3 Å². The first kappa shape index (κ1) is 18.2. The number of ether oxygens (including phenoxy) is 2. The number of carbonyl (C=O) groups excluding carboxylic acids is 2. The van der Waals surface area contributed by atoms with E-state index >= 15 is 0 Å². The maximum atomic E-state index is 12.2. The van der Waals surface area contributed by atoms with Crippen molar-refractivity contribution >= 4 is 11.9 Å². The van der Waals surface area contributed by atoms with E-state index in [0.29, 0.717) is 18.5 Å². The molecular weight excluding hydrogens is 296 g/mol. The van der Waals surface area contributed by atoms with Gasteiger partial charge in [0.05, 0.1) is 12.3 Å². The standard InChI is InChI=1S/C17H30N2O4/c1-4-5-6-15(11-19-10-14(19)3)17(21)23-12-22-16(20)7-8-18-9-13(18)2/h13-15H,4-12H2,1-3H3. The predicted molar refractivity (Wildman–Crippen MR) is 86.8 cm³/mol. The average Bonchev–Trinajstić information content (AvgIpc) is 3.40. The molecule has 132 valence electrons. The highest BCUT2D eigenvalue weighted by Gasteiger charge is 2.34. The molecule has 0 saturated carbocycles. The summed E-state index contributed by atoms with van der Waals surface area (Å²) in [4.78, 5) is 28.2. The zero-order valence-corrected chi connectivity index (χ0v) is 14.6. The topological polar surface area (TPSA) is 58.6 Å². The van der Waals surface area contributed by atoms with Gasteiger partial charge in [0.2, 0.25) is 6.79 Å². The molecule has 2 fully saturated rings. The van der Waals surface area contributed by atoms with Crippen LogP contribution in [-0.2, 0) is 19.1 Å². The summed E-state index contributed by atoms with van der Waals surface area (Å²) in [5.41, 5.74) is 0. The summed E-state index contributed by atoms with van der Waals surface area (Å²) in [5, 5.41) is 0. The van der Waals surface area contributed by atoms with Gasteiger partial charge in [-0.05, 0) is 20.3 Å². The third-order valence-corrected chi connectivity index (χ3v) is 4.70. The Morgan fingerprint density at radius 3 is 2.35 bits per heavy atom. The summed E-state index contributed by atoms with van der Waals surface area (Å²) in [5.74, 6) is -0.663. The van der Waals surface area contributed by atoms with E-state index < -0.39 is 0 Å². The van der Waals surface area contributed by atoms with E-state index in [0.717, 1.165) is 45.4 Å². The van der Waals surface area contributed by atoms with Gasteiger partial charge in [-0.2, -0.15) is 0 Å². The molecule has 0 N–H and O–H groups in total. The fourth-order valence-electron chi connectivity index (χ4n) is 2.75.